The third-order valence-electron chi connectivity index (χ3n) is 1.28. The number of terminal acetylenes is 1. The second kappa shape index (κ2) is 3.23. The van der Waals surface area contributed by atoms with Crippen LogP contribution in [-0.2, 0) is 0 Å². The van der Waals surface area contributed by atoms with Crippen LogP contribution in [0.5, 0.6) is 0 Å². The van der Waals surface area contributed by atoms with Gasteiger partial charge < -0.3 is 0 Å². The summed E-state index contributed by atoms with van der Waals surface area (Å²) < 4.78 is 0. The van der Waals surface area contributed by atoms with Gasteiger partial charge in [-0.2, -0.15) is 0 Å². The number of carbonyl (C=O) groups excluding carboxylic acids is 1. The zero-order chi connectivity index (χ0) is 8.27. The normalized spacial score (nSPS) is 8.73. The van der Waals surface area contributed by atoms with E-state index in [1.807, 2.05) is 0 Å². The van der Waals surface area contributed by atoms with Crippen LogP contribution in [-0.4, -0.2) is 6.29 Å². The quantitative estimate of drug-likeness (QED) is 0.459. The Morgan fingerprint density at radius 3 is 2.82 bits per heavy atom. The highest BCUT2D eigenvalue weighted by Gasteiger charge is 1.97. The Morgan fingerprint density at radius 1 is 1.55 bits per heavy atom. The van der Waals surface area contributed by atoms with Gasteiger partial charge in [0.15, 0.2) is 0 Å². The highest BCUT2D eigenvalue weighted by molar-refractivity contribution is 6.31. The Kier molecular flexibility index (Phi) is 2.30. The van der Waals surface area contributed by atoms with Crippen LogP contribution in [0.25, 0.3) is 0 Å². The van der Waals surface area contributed by atoms with Crippen LogP contribution in [0.1, 0.15) is 15.9 Å². The number of rotatable bonds is 1. The molecule has 0 amide bonds. The number of benzene rings is 1. The Bertz CT molecular complexity index is 323. The topological polar surface area (TPSA) is 17.1 Å². The monoisotopic (exact) mass is 164 g/mol. The molecule has 0 aliphatic carbocycles. The molecule has 0 saturated carbocycles. The molecule has 0 atom stereocenters. The van der Waals surface area contributed by atoms with E-state index in [1.54, 1.807) is 18.2 Å². The fourth-order valence-electron chi connectivity index (χ4n) is 0.727. The van der Waals surface area contributed by atoms with Crippen molar-refractivity contribution in [2.24, 2.45) is 0 Å². The summed E-state index contributed by atoms with van der Waals surface area (Å²) in [6.45, 7) is 0. The van der Waals surface area contributed by atoms with Gasteiger partial charge >= 0.3 is 0 Å². The van der Waals surface area contributed by atoms with Gasteiger partial charge in [-0.05, 0) is 12.1 Å². The number of aldehydes is 1. The largest absolute Gasteiger partial charge is 0.298 e. The van der Waals surface area contributed by atoms with Gasteiger partial charge in [-0.3, -0.25) is 4.79 Å². The van der Waals surface area contributed by atoms with E-state index in [2.05, 4.69) is 5.92 Å². The van der Waals surface area contributed by atoms with E-state index >= 15 is 0 Å². The van der Waals surface area contributed by atoms with Gasteiger partial charge in [0.2, 0.25) is 0 Å². The fraction of sp³-hybridized carbons (Fsp3) is 0. The fourth-order valence-corrected chi connectivity index (χ4v) is 0.899. The molecule has 1 rings (SSSR count). The van der Waals surface area contributed by atoms with E-state index < -0.39 is 0 Å². The van der Waals surface area contributed by atoms with Crippen molar-refractivity contribution in [3.63, 3.8) is 0 Å². The molecule has 0 spiro atoms. The average Bonchev–Trinajstić information content (AvgIpc) is 2.05. The maximum atomic E-state index is 10.3. The highest BCUT2D eigenvalue weighted by atomic mass is 35.5. The van der Waals surface area contributed by atoms with Gasteiger partial charge in [0.1, 0.15) is 6.29 Å². The Balaban J connectivity index is 3.25. The molecule has 1 nitrogen and oxygen atoms in total. The van der Waals surface area contributed by atoms with Crippen molar-refractivity contribution in [1.29, 1.82) is 0 Å². The summed E-state index contributed by atoms with van der Waals surface area (Å²) in [5, 5.41) is 0.498. The molecule has 0 saturated heterocycles. The summed E-state index contributed by atoms with van der Waals surface area (Å²) in [5.41, 5.74) is 1.10. The lowest BCUT2D eigenvalue weighted by atomic mass is 10.1. The standard InChI is InChI=1S/C9H5ClO/c1-2-8-5-7(6-11)3-4-9(8)10/h1,3-6H. The number of hydrogen-bond acceptors (Lipinski definition) is 1. The van der Waals surface area contributed by atoms with Crippen molar-refractivity contribution in [3.8, 4) is 12.3 Å². The van der Waals surface area contributed by atoms with Crippen LogP contribution >= 0.6 is 11.6 Å². The summed E-state index contributed by atoms with van der Waals surface area (Å²) in [6, 6.07) is 4.81. The molecular formula is C9H5ClO. The first-order valence-corrected chi connectivity index (χ1v) is 3.37. The average molecular weight is 165 g/mol. The van der Waals surface area contributed by atoms with Crippen LogP contribution in [0.2, 0.25) is 5.02 Å². The summed E-state index contributed by atoms with van der Waals surface area (Å²) in [4.78, 5) is 10.3. The lowest BCUT2D eigenvalue weighted by Gasteiger charge is -1.95. The number of halogens is 1. The first kappa shape index (κ1) is 7.84. The van der Waals surface area contributed by atoms with E-state index in [0.29, 0.717) is 16.1 Å². The molecule has 54 valence electrons. The Morgan fingerprint density at radius 2 is 2.27 bits per heavy atom. The lowest BCUT2D eigenvalue weighted by molar-refractivity contribution is 0.112. The summed E-state index contributed by atoms with van der Waals surface area (Å²) in [7, 11) is 0. The van der Waals surface area contributed by atoms with Crippen molar-refractivity contribution in [2.75, 3.05) is 0 Å². The molecule has 1 aromatic carbocycles. The molecule has 0 N–H and O–H groups in total. The van der Waals surface area contributed by atoms with Crippen LogP contribution < -0.4 is 0 Å². The first-order chi connectivity index (χ1) is 5.27. The van der Waals surface area contributed by atoms with Crippen molar-refractivity contribution >= 4 is 17.9 Å². The molecule has 0 aliphatic rings. The molecule has 0 unspecified atom stereocenters. The van der Waals surface area contributed by atoms with E-state index in [4.69, 9.17) is 18.0 Å². The van der Waals surface area contributed by atoms with Gasteiger partial charge in [-0.15, -0.1) is 6.42 Å². The Hall–Kier alpha value is -1.26. The number of carbonyl (C=O) groups is 1. The number of hydrogen-bond donors (Lipinski definition) is 0. The molecule has 2 heteroatoms. The van der Waals surface area contributed by atoms with Gasteiger partial charge in [0, 0.05) is 11.1 Å². The molecule has 0 aliphatic heterocycles. The zero-order valence-corrected chi connectivity index (χ0v) is 6.43. The van der Waals surface area contributed by atoms with Gasteiger partial charge in [-0.1, -0.05) is 23.6 Å². The van der Waals surface area contributed by atoms with E-state index in [0.717, 1.165) is 6.29 Å². The molecular weight excluding hydrogens is 160 g/mol. The van der Waals surface area contributed by atoms with Crippen LogP contribution in [0, 0.1) is 12.3 Å². The minimum absolute atomic E-state index is 0.498. The van der Waals surface area contributed by atoms with Gasteiger partial charge in [0.05, 0.1) is 5.02 Å². The predicted molar refractivity (Wildman–Crippen MR) is 44.8 cm³/mol. The summed E-state index contributed by atoms with van der Waals surface area (Å²) in [5.74, 6) is 2.38. The van der Waals surface area contributed by atoms with Crippen molar-refractivity contribution in [2.45, 2.75) is 0 Å². The second-order valence-corrected chi connectivity index (χ2v) is 2.41. The van der Waals surface area contributed by atoms with Gasteiger partial charge in [-0.25, -0.2) is 0 Å². The second-order valence-electron chi connectivity index (χ2n) is 2.00. The molecule has 0 radical (unpaired) electrons. The van der Waals surface area contributed by atoms with Gasteiger partial charge in [0.25, 0.3) is 0 Å². The summed E-state index contributed by atoms with van der Waals surface area (Å²) in [6.07, 6.45) is 5.86. The minimum atomic E-state index is 0.498. The Labute approximate surface area is 70.0 Å². The first-order valence-electron chi connectivity index (χ1n) is 2.99. The van der Waals surface area contributed by atoms with E-state index in [1.165, 1.54) is 0 Å². The lowest BCUT2D eigenvalue weighted by Crippen LogP contribution is -1.82. The minimum Gasteiger partial charge on any atom is -0.298 e. The van der Waals surface area contributed by atoms with Crippen LogP contribution in [0.15, 0.2) is 18.2 Å². The molecule has 0 fully saturated rings. The van der Waals surface area contributed by atoms with E-state index in [9.17, 15) is 4.79 Å². The molecule has 0 heterocycles. The molecule has 1 aromatic rings. The third-order valence-corrected chi connectivity index (χ3v) is 1.61. The molecule has 0 aromatic heterocycles. The predicted octanol–water partition coefficient (Wildman–Crippen LogP) is 2.13. The SMILES string of the molecule is C#Cc1cc(C=O)ccc1Cl. The van der Waals surface area contributed by atoms with Crippen LogP contribution in [0.3, 0.4) is 0 Å². The summed E-state index contributed by atoms with van der Waals surface area (Å²) >= 11 is 5.69. The zero-order valence-electron chi connectivity index (χ0n) is 5.67. The maximum Gasteiger partial charge on any atom is 0.150 e. The van der Waals surface area contributed by atoms with Crippen LogP contribution in [0.4, 0.5) is 0 Å². The third kappa shape index (κ3) is 1.60. The molecule has 11 heavy (non-hydrogen) atoms. The highest BCUT2D eigenvalue weighted by Crippen LogP contribution is 2.15. The molecule has 0 bridgehead atoms. The maximum absolute atomic E-state index is 10.3. The smallest absolute Gasteiger partial charge is 0.150 e. The van der Waals surface area contributed by atoms with Crippen molar-refractivity contribution in [3.05, 3.63) is 34.3 Å². The van der Waals surface area contributed by atoms with Crippen molar-refractivity contribution in [1.82, 2.24) is 0 Å². The van der Waals surface area contributed by atoms with Crippen molar-refractivity contribution < 1.29 is 4.79 Å². The van der Waals surface area contributed by atoms with E-state index in [-0.39, 0.29) is 0 Å².